The van der Waals surface area contributed by atoms with E-state index in [0.29, 0.717) is 0 Å². The zero-order valence-electron chi connectivity index (χ0n) is 5.20. The minimum absolute atomic E-state index is 0.799. The van der Waals surface area contributed by atoms with Gasteiger partial charge in [-0.1, -0.05) is 0 Å². The number of Topliss-reactive ketones (excluding diaryl/α,β-unsaturated/α-hetero) is 1. The minimum atomic E-state index is -3.50. The van der Waals surface area contributed by atoms with E-state index in [9.17, 15) is 18.0 Å². The third-order valence-electron chi connectivity index (χ3n) is 0.632. The van der Waals surface area contributed by atoms with E-state index in [4.69, 9.17) is 5.11 Å². The highest BCUT2D eigenvalue weighted by molar-refractivity contribution is 7.91. The van der Waals surface area contributed by atoms with Crippen LogP contribution in [0.3, 0.4) is 0 Å². The minimum Gasteiger partial charge on any atom is -0.475 e. The van der Waals surface area contributed by atoms with Crippen LogP contribution in [0.4, 0.5) is 0 Å². The fourth-order valence-corrected chi connectivity index (χ4v) is 0.900. The number of carbonyl (C=O) groups excluding carboxylic acids is 1. The van der Waals surface area contributed by atoms with E-state index in [2.05, 4.69) is 0 Å². The van der Waals surface area contributed by atoms with Crippen molar-refractivity contribution in [2.75, 3.05) is 12.0 Å². The van der Waals surface area contributed by atoms with E-state index >= 15 is 0 Å². The van der Waals surface area contributed by atoms with Gasteiger partial charge in [0.05, 0.1) is 0 Å². The number of hydrogen-bond acceptors (Lipinski definition) is 4. The number of sulfone groups is 1. The van der Waals surface area contributed by atoms with Gasteiger partial charge in [0, 0.05) is 6.26 Å². The van der Waals surface area contributed by atoms with Crippen molar-refractivity contribution < 1.29 is 23.1 Å². The molecule has 0 amide bonds. The number of hydrogen-bond donors (Lipinski definition) is 1. The van der Waals surface area contributed by atoms with Gasteiger partial charge >= 0.3 is 5.97 Å². The molecule has 0 aliphatic carbocycles. The molecule has 0 aromatic rings. The van der Waals surface area contributed by atoms with Crippen LogP contribution in [0.2, 0.25) is 0 Å². The van der Waals surface area contributed by atoms with E-state index in [1.807, 2.05) is 0 Å². The lowest BCUT2D eigenvalue weighted by molar-refractivity contribution is -0.147. The first kappa shape index (κ1) is 9.09. The third kappa shape index (κ3) is 4.02. The molecule has 0 aliphatic rings. The molecule has 0 fully saturated rings. The average molecular weight is 166 g/mol. The molecule has 0 rings (SSSR count). The summed E-state index contributed by atoms with van der Waals surface area (Å²) in [6.45, 7) is 0. The Labute approximate surface area is 57.6 Å². The molecule has 0 atom stereocenters. The van der Waals surface area contributed by atoms with Gasteiger partial charge in [-0.25, -0.2) is 13.2 Å². The molecule has 0 unspecified atom stereocenters. The van der Waals surface area contributed by atoms with Crippen LogP contribution >= 0.6 is 0 Å². The molecule has 58 valence electrons. The summed E-state index contributed by atoms with van der Waals surface area (Å²) >= 11 is 0. The fourth-order valence-electron chi connectivity index (χ4n) is 0.300. The molecule has 1 N–H and O–H groups in total. The molecule has 0 bridgehead atoms. The first-order chi connectivity index (χ1) is 4.33. The van der Waals surface area contributed by atoms with Crippen molar-refractivity contribution in [3.8, 4) is 0 Å². The Morgan fingerprint density at radius 1 is 1.40 bits per heavy atom. The van der Waals surface area contributed by atoms with Gasteiger partial charge in [0.1, 0.15) is 5.75 Å². The number of carboxylic acids is 1. The molecule has 0 aromatic heterocycles. The van der Waals surface area contributed by atoms with Crippen LogP contribution in [0.5, 0.6) is 0 Å². The molecule has 0 spiro atoms. The molecular formula is C4H6O5S. The average Bonchev–Trinajstić information content (AvgIpc) is 1.60. The normalized spacial score (nSPS) is 10.9. The summed E-state index contributed by atoms with van der Waals surface area (Å²) in [7, 11) is -3.50. The van der Waals surface area contributed by atoms with Gasteiger partial charge in [-0.05, 0) is 0 Å². The second kappa shape index (κ2) is 2.78. The largest absolute Gasteiger partial charge is 0.475 e. The lowest BCUT2D eigenvalue weighted by atomic mass is 10.5. The highest BCUT2D eigenvalue weighted by atomic mass is 32.2. The number of carboxylic acid groups (broad SMARTS) is 1. The van der Waals surface area contributed by atoms with Gasteiger partial charge in [-0.15, -0.1) is 0 Å². The van der Waals surface area contributed by atoms with Crippen LogP contribution < -0.4 is 0 Å². The van der Waals surface area contributed by atoms with Crippen molar-refractivity contribution in [3.05, 3.63) is 0 Å². The van der Waals surface area contributed by atoms with E-state index in [0.717, 1.165) is 6.26 Å². The first-order valence-electron chi connectivity index (χ1n) is 2.27. The SMILES string of the molecule is CS(=O)(=O)CC(=O)C(=O)O. The number of ketones is 1. The Kier molecular flexibility index (Phi) is 2.53. The second-order valence-electron chi connectivity index (χ2n) is 1.80. The van der Waals surface area contributed by atoms with E-state index in [1.54, 1.807) is 0 Å². The standard InChI is InChI=1S/C4H6O5S/c1-10(8,9)2-3(5)4(6)7/h2H2,1H3,(H,6,7). The molecule has 6 heteroatoms. The Hall–Kier alpha value is -0.910. The summed E-state index contributed by atoms with van der Waals surface area (Å²) in [5, 5.41) is 7.93. The van der Waals surface area contributed by atoms with Crippen LogP contribution in [-0.4, -0.2) is 37.3 Å². The van der Waals surface area contributed by atoms with E-state index in [-0.39, 0.29) is 0 Å². The molecule has 5 nitrogen and oxygen atoms in total. The van der Waals surface area contributed by atoms with Crippen LogP contribution in [0.25, 0.3) is 0 Å². The van der Waals surface area contributed by atoms with Gasteiger partial charge in [-0.2, -0.15) is 0 Å². The van der Waals surface area contributed by atoms with Gasteiger partial charge in [0.25, 0.3) is 5.78 Å². The van der Waals surface area contributed by atoms with Gasteiger partial charge in [0.15, 0.2) is 9.84 Å². The predicted molar refractivity (Wildman–Crippen MR) is 32.4 cm³/mol. The number of rotatable bonds is 3. The Balaban J connectivity index is 4.21. The maximum atomic E-state index is 10.3. The number of carbonyl (C=O) groups is 2. The Morgan fingerprint density at radius 2 is 1.80 bits per heavy atom. The Morgan fingerprint density at radius 3 is 1.90 bits per heavy atom. The molecule has 10 heavy (non-hydrogen) atoms. The first-order valence-corrected chi connectivity index (χ1v) is 4.33. The van der Waals surface area contributed by atoms with Crippen molar-refractivity contribution >= 4 is 21.6 Å². The molecular weight excluding hydrogens is 160 g/mol. The van der Waals surface area contributed by atoms with Crippen LogP contribution in [0.1, 0.15) is 0 Å². The molecule has 0 radical (unpaired) electrons. The van der Waals surface area contributed by atoms with Gasteiger partial charge in [0.2, 0.25) is 0 Å². The highest BCUT2D eigenvalue weighted by Crippen LogP contribution is 1.83. The second-order valence-corrected chi connectivity index (χ2v) is 3.94. The summed E-state index contributed by atoms with van der Waals surface area (Å²) < 4.78 is 20.5. The number of aliphatic carboxylic acids is 1. The van der Waals surface area contributed by atoms with Gasteiger partial charge in [-0.3, -0.25) is 4.79 Å². The fraction of sp³-hybridized carbons (Fsp3) is 0.500. The van der Waals surface area contributed by atoms with Crippen molar-refractivity contribution in [1.82, 2.24) is 0 Å². The van der Waals surface area contributed by atoms with Gasteiger partial charge < -0.3 is 5.11 Å². The summed E-state index contributed by atoms with van der Waals surface area (Å²) in [4.78, 5) is 19.9. The lowest BCUT2D eigenvalue weighted by Crippen LogP contribution is -2.22. The summed E-state index contributed by atoms with van der Waals surface area (Å²) in [6.07, 6.45) is 0.799. The molecule has 0 saturated carbocycles. The quantitative estimate of drug-likeness (QED) is 0.525. The van der Waals surface area contributed by atoms with Crippen molar-refractivity contribution in [2.24, 2.45) is 0 Å². The summed E-state index contributed by atoms with van der Waals surface area (Å²) in [5.41, 5.74) is 0. The summed E-state index contributed by atoms with van der Waals surface area (Å²) in [6, 6.07) is 0. The molecule has 0 aliphatic heterocycles. The maximum absolute atomic E-state index is 10.3. The Bertz CT molecular complexity index is 249. The molecule has 0 aromatic carbocycles. The van der Waals surface area contributed by atoms with Crippen LogP contribution in [0.15, 0.2) is 0 Å². The highest BCUT2D eigenvalue weighted by Gasteiger charge is 2.17. The zero-order valence-corrected chi connectivity index (χ0v) is 6.01. The van der Waals surface area contributed by atoms with Crippen LogP contribution in [-0.2, 0) is 19.4 Å². The molecule has 0 saturated heterocycles. The third-order valence-corrected chi connectivity index (χ3v) is 1.42. The smallest absolute Gasteiger partial charge is 0.373 e. The van der Waals surface area contributed by atoms with E-state index in [1.165, 1.54) is 0 Å². The monoisotopic (exact) mass is 166 g/mol. The zero-order chi connectivity index (χ0) is 8.36. The van der Waals surface area contributed by atoms with Crippen molar-refractivity contribution in [3.63, 3.8) is 0 Å². The molecule has 0 heterocycles. The lowest BCUT2D eigenvalue weighted by Gasteiger charge is -1.90. The topological polar surface area (TPSA) is 88.5 Å². The maximum Gasteiger partial charge on any atom is 0.373 e. The van der Waals surface area contributed by atoms with E-state index < -0.39 is 27.3 Å². The predicted octanol–water partition coefficient (Wildman–Crippen LogP) is -1.32. The van der Waals surface area contributed by atoms with Crippen molar-refractivity contribution in [1.29, 1.82) is 0 Å². The summed E-state index contributed by atoms with van der Waals surface area (Å²) in [5.74, 6) is -3.95. The van der Waals surface area contributed by atoms with Crippen LogP contribution in [0, 0.1) is 0 Å². The van der Waals surface area contributed by atoms with Crippen molar-refractivity contribution in [2.45, 2.75) is 0 Å².